The first-order valence-corrected chi connectivity index (χ1v) is 23.4. The Morgan fingerprint density at radius 2 is 1.22 bits per heavy atom. The van der Waals surface area contributed by atoms with Gasteiger partial charge in [-0.25, -0.2) is 4.79 Å². The van der Waals surface area contributed by atoms with E-state index in [9.17, 15) is 33.9 Å². The Balaban J connectivity index is 1.82. The maximum Gasteiger partial charge on any atom is 0.408 e. The second kappa shape index (κ2) is 27.6. The number of carbonyl (C=O) groups is 6. The molecule has 3 rings (SSSR count). The van der Waals surface area contributed by atoms with Crippen LogP contribution in [0.15, 0.2) is 54.7 Å². The fourth-order valence-corrected chi connectivity index (χ4v) is 7.34. The lowest BCUT2D eigenvalue weighted by atomic mass is 10.0. The minimum atomic E-state index is -1.14. The Morgan fingerprint density at radius 3 is 1.81 bits per heavy atom. The number of aromatic nitrogens is 1. The topological polar surface area (TPSA) is 211 Å². The second-order valence-electron chi connectivity index (χ2n) is 17.6. The maximum atomic E-state index is 14.3. The molecule has 354 valence electrons. The van der Waals surface area contributed by atoms with E-state index in [-0.39, 0.29) is 30.9 Å². The average molecular weight is 890 g/mol. The van der Waals surface area contributed by atoms with Crippen LogP contribution < -0.4 is 26.6 Å². The molecule has 15 nitrogen and oxygen atoms in total. The Hall–Kier alpha value is -5.60. The number of amides is 6. The number of benzene rings is 2. The van der Waals surface area contributed by atoms with Crippen LogP contribution in [0.5, 0.6) is 5.75 Å². The summed E-state index contributed by atoms with van der Waals surface area (Å²) in [5.74, 6) is -2.48. The molecule has 0 unspecified atom stereocenters. The molecule has 4 atom stereocenters. The molecule has 64 heavy (non-hydrogen) atoms. The fraction of sp³-hybridized carbons (Fsp3) is 0.592. The molecule has 0 saturated carbocycles. The summed E-state index contributed by atoms with van der Waals surface area (Å²) in [6, 6.07) is 9.76. The van der Waals surface area contributed by atoms with Crippen molar-refractivity contribution in [3.05, 3.63) is 65.9 Å². The van der Waals surface area contributed by atoms with E-state index in [2.05, 4.69) is 45.4 Å². The molecule has 3 aromatic rings. The summed E-state index contributed by atoms with van der Waals surface area (Å²) in [6.07, 6.45) is 10.5. The van der Waals surface area contributed by atoms with Gasteiger partial charge in [-0.15, -0.1) is 0 Å². The summed E-state index contributed by atoms with van der Waals surface area (Å²) in [5.41, 5.74) is 1.47. The number of hydrogen-bond acceptors (Lipinski definition) is 8. The number of hydrogen-bond donors (Lipinski definition) is 7. The predicted octanol–water partition coefficient (Wildman–Crippen LogP) is 6.71. The third kappa shape index (κ3) is 18.6. The minimum Gasteiger partial charge on any atom is -0.508 e. The van der Waals surface area contributed by atoms with E-state index < -0.39 is 66.0 Å². The van der Waals surface area contributed by atoms with Crippen molar-refractivity contribution >= 4 is 46.5 Å². The summed E-state index contributed by atoms with van der Waals surface area (Å²) in [5, 5.41) is 24.5. The number of unbranched alkanes of at least 4 members (excludes halogenated alkanes) is 6. The van der Waals surface area contributed by atoms with Gasteiger partial charge in [0, 0.05) is 43.0 Å². The van der Waals surface area contributed by atoms with E-state index >= 15 is 0 Å². The van der Waals surface area contributed by atoms with Crippen molar-refractivity contribution in [3.63, 3.8) is 0 Å². The summed E-state index contributed by atoms with van der Waals surface area (Å²) in [6.45, 7) is 14.0. The number of H-pyrrole nitrogens is 1. The smallest absolute Gasteiger partial charge is 0.408 e. The monoisotopic (exact) mass is 890 g/mol. The van der Waals surface area contributed by atoms with E-state index in [0.29, 0.717) is 31.5 Å². The highest BCUT2D eigenvalue weighted by Gasteiger charge is 2.32. The molecule has 0 saturated heterocycles. The van der Waals surface area contributed by atoms with Crippen molar-refractivity contribution in [3.8, 4) is 5.75 Å². The average Bonchev–Trinajstić information content (AvgIpc) is 3.66. The highest BCUT2D eigenvalue weighted by atomic mass is 16.6. The Morgan fingerprint density at radius 1 is 0.656 bits per heavy atom. The SMILES string of the molecule is CCCCCN(CCCCC)C(=O)[C@H](CCCC)NC(=O)[C@@H](Cc1c[nH]c2ccccc12)NC(=O)CNC(=O)[C@H](CCCC)NC(=O)[C@H](Cc1ccc(O)cc1)NC(=O)OC(C)(C)C. The van der Waals surface area contributed by atoms with Crippen LogP contribution in [0.1, 0.15) is 137 Å². The van der Waals surface area contributed by atoms with E-state index in [0.717, 1.165) is 74.3 Å². The molecular weight excluding hydrogens is 815 g/mol. The summed E-state index contributed by atoms with van der Waals surface area (Å²) in [7, 11) is 0. The lowest BCUT2D eigenvalue weighted by molar-refractivity contribution is -0.137. The van der Waals surface area contributed by atoms with Crippen molar-refractivity contribution in [2.45, 2.75) is 168 Å². The van der Waals surface area contributed by atoms with Gasteiger partial charge in [0.1, 0.15) is 35.5 Å². The largest absolute Gasteiger partial charge is 0.508 e. The molecule has 0 fully saturated rings. The van der Waals surface area contributed by atoms with Crippen LogP contribution in [0.25, 0.3) is 10.9 Å². The minimum absolute atomic E-state index is 0.0381. The van der Waals surface area contributed by atoms with Crippen molar-refractivity contribution in [1.82, 2.24) is 36.5 Å². The van der Waals surface area contributed by atoms with Gasteiger partial charge in [-0.3, -0.25) is 24.0 Å². The van der Waals surface area contributed by atoms with Crippen LogP contribution >= 0.6 is 0 Å². The van der Waals surface area contributed by atoms with Gasteiger partial charge in [0.15, 0.2) is 0 Å². The number of aromatic amines is 1. The van der Waals surface area contributed by atoms with Gasteiger partial charge < -0.3 is 46.3 Å². The van der Waals surface area contributed by atoms with Gasteiger partial charge >= 0.3 is 6.09 Å². The first-order valence-electron chi connectivity index (χ1n) is 23.4. The summed E-state index contributed by atoms with van der Waals surface area (Å²) in [4.78, 5) is 87.7. The zero-order valence-electron chi connectivity index (χ0n) is 39.3. The van der Waals surface area contributed by atoms with Crippen LogP contribution in [0.2, 0.25) is 0 Å². The first kappa shape index (κ1) is 52.7. The van der Waals surface area contributed by atoms with Gasteiger partial charge in [0.25, 0.3) is 0 Å². The van der Waals surface area contributed by atoms with Crippen LogP contribution in [-0.4, -0.2) is 100 Å². The van der Waals surface area contributed by atoms with Crippen LogP contribution in [0, 0.1) is 0 Å². The van der Waals surface area contributed by atoms with Gasteiger partial charge in [-0.1, -0.05) is 109 Å². The van der Waals surface area contributed by atoms with Crippen molar-refractivity contribution in [2.24, 2.45) is 0 Å². The van der Waals surface area contributed by atoms with Gasteiger partial charge in [-0.2, -0.15) is 0 Å². The molecule has 15 heteroatoms. The summed E-state index contributed by atoms with van der Waals surface area (Å²) >= 11 is 0. The standard InChI is InChI=1S/C49H75N7O8/c1-8-12-18-28-56(29-19-13-9-2)47(62)40(22-15-11-4)54-46(61)42(31-35-32-50-38-23-17-16-20-37(35)38)52-43(58)33-51-44(59)39(21-14-10-3)53-45(60)41(55-48(63)64-49(5,6)7)30-34-24-26-36(57)27-25-34/h16-17,20,23-27,32,39-42,50,57H,8-15,18-19,21-22,28-31,33H2,1-7H3,(H,51,59)(H,52,58)(H,53,60)(H,54,61)(H,55,63)/t39-,40-,41-,42+/m0/s1. The van der Waals surface area contributed by atoms with Gasteiger partial charge in [-0.05, 0) is 75.8 Å². The van der Waals surface area contributed by atoms with E-state index in [1.54, 1.807) is 39.1 Å². The molecule has 1 heterocycles. The molecule has 6 amide bonds. The first-order chi connectivity index (χ1) is 30.6. The highest BCUT2D eigenvalue weighted by molar-refractivity contribution is 5.95. The highest BCUT2D eigenvalue weighted by Crippen LogP contribution is 2.20. The molecule has 0 bridgehead atoms. The number of rotatable bonds is 28. The molecule has 0 aliphatic rings. The van der Waals surface area contributed by atoms with Crippen molar-refractivity contribution in [2.75, 3.05) is 19.6 Å². The lowest BCUT2D eigenvalue weighted by Gasteiger charge is -2.29. The van der Waals surface area contributed by atoms with Crippen LogP contribution in [0.4, 0.5) is 4.79 Å². The number of aromatic hydroxyl groups is 1. The molecular formula is C49H75N7O8. The number of ether oxygens (including phenoxy) is 1. The van der Waals surface area contributed by atoms with E-state index in [4.69, 9.17) is 4.74 Å². The number of phenolic OH excluding ortho intramolecular Hbond substituents is 1. The molecule has 0 aliphatic carbocycles. The molecule has 0 aliphatic heterocycles. The number of alkyl carbamates (subject to hydrolysis) is 1. The number of phenols is 1. The summed E-state index contributed by atoms with van der Waals surface area (Å²) < 4.78 is 5.41. The number of nitrogens with one attached hydrogen (secondary N) is 6. The van der Waals surface area contributed by atoms with Crippen molar-refractivity contribution in [1.29, 1.82) is 0 Å². The second-order valence-corrected chi connectivity index (χ2v) is 17.6. The lowest BCUT2D eigenvalue weighted by Crippen LogP contribution is -2.57. The third-order valence-electron chi connectivity index (χ3n) is 10.9. The van der Waals surface area contributed by atoms with Gasteiger partial charge in [0.05, 0.1) is 6.54 Å². The van der Waals surface area contributed by atoms with Crippen molar-refractivity contribution < 1.29 is 38.6 Å². The normalized spacial score (nSPS) is 13.2. The quantitative estimate of drug-likeness (QED) is 0.0389. The molecule has 0 spiro atoms. The molecule has 0 radical (unpaired) electrons. The number of para-hydroxylation sites is 1. The fourth-order valence-electron chi connectivity index (χ4n) is 7.34. The van der Waals surface area contributed by atoms with E-state index in [1.807, 2.05) is 43.0 Å². The number of nitrogens with zero attached hydrogens (tertiary/aromatic N) is 1. The third-order valence-corrected chi connectivity index (χ3v) is 10.9. The number of fused-ring (bicyclic) bond motifs is 1. The Labute approximate surface area is 380 Å². The Kier molecular flexibility index (Phi) is 22.7. The van der Waals surface area contributed by atoms with Gasteiger partial charge in [0.2, 0.25) is 29.5 Å². The van der Waals surface area contributed by atoms with E-state index in [1.165, 1.54) is 12.1 Å². The zero-order valence-corrected chi connectivity index (χ0v) is 39.3. The number of carbonyl (C=O) groups excluding carboxylic acids is 6. The molecule has 1 aromatic heterocycles. The molecule has 7 N–H and O–H groups in total. The molecule has 2 aromatic carbocycles. The predicted molar refractivity (Wildman–Crippen MR) is 250 cm³/mol. The van der Waals surface area contributed by atoms with Crippen LogP contribution in [-0.2, 0) is 41.6 Å². The van der Waals surface area contributed by atoms with Crippen LogP contribution in [0.3, 0.4) is 0 Å². The maximum absolute atomic E-state index is 14.3. The Bertz CT molecular complexity index is 1920. The zero-order chi connectivity index (χ0) is 47.1.